The van der Waals surface area contributed by atoms with Crippen LogP contribution in [0.5, 0.6) is 5.75 Å². The van der Waals surface area contributed by atoms with Crippen molar-refractivity contribution >= 4 is 28.1 Å². The standard InChI is InChI=1S/C30H30N2O3/c1-21-9-11-23(12-10-21)27-20-35-29-19-28(34-3)25(18-26(27)29)22(2)17-30(33)32-15-13-31(14-16-32)24-7-5-4-6-8-24/h4-12,17-20H,13-16H2,1-3H3/b22-17+. The number of rotatable bonds is 5. The van der Waals surface area contributed by atoms with Crippen LogP contribution in [-0.4, -0.2) is 44.1 Å². The summed E-state index contributed by atoms with van der Waals surface area (Å²) < 4.78 is 11.5. The van der Waals surface area contributed by atoms with Crippen molar-refractivity contribution in [3.05, 3.63) is 90.2 Å². The van der Waals surface area contributed by atoms with E-state index in [-0.39, 0.29) is 5.91 Å². The number of aryl methyl sites for hydroxylation is 1. The highest BCUT2D eigenvalue weighted by Crippen LogP contribution is 2.37. The van der Waals surface area contributed by atoms with Crippen LogP contribution in [0.1, 0.15) is 18.1 Å². The number of hydrogen-bond donors (Lipinski definition) is 0. The third-order valence-corrected chi connectivity index (χ3v) is 6.74. The van der Waals surface area contributed by atoms with Gasteiger partial charge in [-0.15, -0.1) is 0 Å². The quantitative estimate of drug-likeness (QED) is 0.330. The first-order valence-corrected chi connectivity index (χ1v) is 12.0. The third-order valence-electron chi connectivity index (χ3n) is 6.74. The van der Waals surface area contributed by atoms with E-state index in [4.69, 9.17) is 9.15 Å². The second-order valence-corrected chi connectivity index (χ2v) is 9.04. The Morgan fingerprint density at radius 1 is 0.971 bits per heavy atom. The number of benzene rings is 3. The monoisotopic (exact) mass is 466 g/mol. The number of allylic oxidation sites excluding steroid dienone is 1. The lowest BCUT2D eigenvalue weighted by Crippen LogP contribution is -2.48. The highest BCUT2D eigenvalue weighted by molar-refractivity contribution is 6.00. The number of piperazine rings is 1. The summed E-state index contributed by atoms with van der Waals surface area (Å²) in [7, 11) is 1.65. The molecule has 1 fully saturated rings. The van der Waals surface area contributed by atoms with Crippen LogP contribution < -0.4 is 9.64 Å². The fourth-order valence-corrected chi connectivity index (χ4v) is 4.67. The number of nitrogens with zero attached hydrogens (tertiary/aromatic N) is 2. The molecule has 1 amide bonds. The summed E-state index contributed by atoms with van der Waals surface area (Å²) in [6.07, 6.45) is 3.52. The van der Waals surface area contributed by atoms with Crippen LogP contribution in [0, 0.1) is 6.92 Å². The van der Waals surface area contributed by atoms with Gasteiger partial charge in [0.1, 0.15) is 11.3 Å². The van der Waals surface area contributed by atoms with E-state index in [9.17, 15) is 4.79 Å². The molecule has 5 nitrogen and oxygen atoms in total. The Hall–Kier alpha value is -3.99. The zero-order chi connectivity index (χ0) is 24.4. The van der Waals surface area contributed by atoms with Crippen molar-refractivity contribution in [2.75, 3.05) is 38.2 Å². The van der Waals surface area contributed by atoms with Crippen molar-refractivity contribution in [3.63, 3.8) is 0 Å². The van der Waals surface area contributed by atoms with Gasteiger partial charge < -0.3 is 19.0 Å². The van der Waals surface area contributed by atoms with Gasteiger partial charge in [0.05, 0.1) is 13.4 Å². The molecule has 1 saturated heterocycles. The summed E-state index contributed by atoms with van der Waals surface area (Å²) >= 11 is 0. The molecule has 1 aliphatic heterocycles. The molecule has 1 aromatic heterocycles. The third kappa shape index (κ3) is 4.67. The van der Waals surface area contributed by atoms with Gasteiger partial charge in [-0.25, -0.2) is 0 Å². The maximum Gasteiger partial charge on any atom is 0.246 e. The number of anilines is 1. The minimum absolute atomic E-state index is 0.0308. The van der Waals surface area contributed by atoms with Crippen molar-refractivity contribution in [3.8, 4) is 16.9 Å². The molecular formula is C30H30N2O3. The molecular weight excluding hydrogens is 436 g/mol. The number of amides is 1. The first-order valence-electron chi connectivity index (χ1n) is 12.0. The van der Waals surface area contributed by atoms with Crippen molar-refractivity contribution in [2.45, 2.75) is 13.8 Å². The van der Waals surface area contributed by atoms with Gasteiger partial charge in [-0.2, -0.15) is 0 Å². The lowest BCUT2D eigenvalue weighted by atomic mass is 9.98. The Bertz CT molecular complexity index is 1360. The van der Waals surface area contributed by atoms with E-state index in [1.54, 1.807) is 19.4 Å². The molecule has 0 saturated carbocycles. The van der Waals surface area contributed by atoms with Crippen molar-refractivity contribution < 1.29 is 13.9 Å². The second-order valence-electron chi connectivity index (χ2n) is 9.04. The summed E-state index contributed by atoms with van der Waals surface area (Å²) in [6.45, 7) is 7.10. The highest BCUT2D eigenvalue weighted by Gasteiger charge is 2.21. The molecule has 3 aromatic carbocycles. The normalized spacial score (nSPS) is 14.4. The average Bonchev–Trinajstić information content (AvgIpc) is 3.31. The van der Waals surface area contributed by atoms with Crippen LogP contribution in [0.3, 0.4) is 0 Å². The van der Waals surface area contributed by atoms with Crippen LogP contribution in [0.25, 0.3) is 27.7 Å². The molecule has 0 spiro atoms. The van der Waals surface area contributed by atoms with Crippen LogP contribution in [0.15, 0.2) is 83.5 Å². The number of carbonyl (C=O) groups excluding carboxylic acids is 1. The Morgan fingerprint density at radius 3 is 2.37 bits per heavy atom. The van der Waals surface area contributed by atoms with Crippen molar-refractivity contribution in [2.24, 2.45) is 0 Å². The van der Waals surface area contributed by atoms with Crippen LogP contribution in [-0.2, 0) is 4.79 Å². The number of furan rings is 1. The van der Waals surface area contributed by atoms with Gasteiger partial charge in [-0.05, 0) is 43.2 Å². The smallest absolute Gasteiger partial charge is 0.246 e. The van der Waals surface area contributed by atoms with E-state index in [0.29, 0.717) is 18.8 Å². The van der Waals surface area contributed by atoms with E-state index < -0.39 is 0 Å². The first-order chi connectivity index (χ1) is 17.0. The number of ether oxygens (including phenoxy) is 1. The second kappa shape index (κ2) is 9.71. The van der Waals surface area contributed by atoms with Crippen LogP contribution >= 0.6 is 0 Å². The lowest BCUT2D eigenvalue weighted by Gasteiger charge is -2.35. The fraction of sp³-hybridized carbons (Fsp3) is 0.233. The molecule has 0 atom stereocenters. The van der Waals surface area contributed by atoms with E-state index in [1.165, 1.54) is 11.3 Å². The topological polar surface area (TPSA) is 45.9 Å². The minimum atomic E-state index is 0.0308. The number of carbonyl (C=O) groups is 1. The molecule has 0 aliphatic carbocycles. The summed E-state index contributed by atoms with van der Waals surface area (Å²) in [4.78, 5) is 17.4. The molecule has 35 heavy (non-hydrogen) atoms. The molecule has 1 aliphatic rings. The zero-order valence-corrected chi connectivity index (χ0v) is 20.5. The lowest BCUT2D eigenvalue weighted by molar-refractivity contribution is -0.126. The molecule has 0 unspecified atom stereocenters. The zero-order valence-electron chi connectivity index (χ0n) is 20.5. The van der Waals surface area contributed by atoms with E-state index in [1.807, 2.05) is 36.1 Å². The summed E-state index contributed by atoms with van der Waals surface area (Å²) in [6, 6.07) is 22.7. The number of fused-ring (bicyclic) bond motifs is 1. The Morgan fingerprint density at radius 2 is 1.69 bits per heavy atom. The Balaban J connectivity index is 1.39. The number of para-hydroxylation sites is 1. The van der Waals surface area contributed by atoms with Gasteiger partial charge in [-0.3, -0.25) is 4.79 Å². The van der Waals surface area contributed by atoms with Crippen molar-refractivity contribution in [1.82, 2.24) is 4.90 Å². The molecule has 5 rings (SSSR count). The highest BCUT2D eigenvalue weighted by atomic mass is 16.5. The van der Waals surface area contributed by atoms with Crippen LogP contribution in [0.4, 0.5) is 5.69 Å². The van der Waals surface area contributed by atoms with Crippen LogP contribution in [0.2, 0.25) is 0 Å². The van der Waals surface area contributed by atoms with Gasteiger partial charge in [0, 0.05) is 60.5 Å². The maximum atomic E-state index is 13.1. The first kappa shape index (κ1) is 22.8. The largest absolute Gasteiger partial charge is 0.496 e. The molecule has 2 heterocycles. The summed E-state index contributed by atoms with van der Waals surface area (Å²) in [5.74, 6) is 0.723. The fourth-order valence-electron chi connectivity index (χ4n) is 4.67. The SMILES string of the molecule is COc1cc2occ(-c3ccc(C)cc3)c2cc1/C(C)=C/C(=O)N1CCN(c2ccccc2)CC1. The molecule has 178 valence electrons. The Kier molecular flexibility index (Phi) is 6.32. The summed E-state index contributed by atoms with van der Waals surface area (Å²) in [5, 5.41) is 1.00. The van der Waals surface area contributed by atoms with Gasteiger partial charge in [-0.1, -0.05) is 48.0 Å². The van der Waals surface area contributed by atoms with E-state index in [0.717, 1.165) is 46.3 Å². The molecule has 5 heteroatoms. The van der Waals surface area contributed by atoms with E-state index in [2.05, 4.69) is 54.3 Å². The molecule has 0 bridgehead atoms. The minimum Gasteiger partial charge on any atom is -0.496 e. The average molecular weight is 467 g/mol. The van der Waals surface area contributed by atoms with Crippen molar-refractivity contribution in [1.29, 1.82) is 0 Å². The van der Waals surface area contributed by atoms with Gasteiger partial charge in [0.2, 0.25) is 5.91 Å². The maximum absolute atomic E-state index is 13.1. The van der Waals surface area contributed by atoms with Gasteiger partial charge in [0.15, 0.2) is 0 Å². The molecule has 0 radical (unpaired) electrons. The predicted molar refractivity (Wildman–Crippen MR) is 142 cm³/mol. The summed E-state index contributed by atoms with van der Waals surface area (Å²) in [5.41, 5.74) is 7.07. The van der Waals surface area contributed by atoms with E-state index >= 15 is 0 Å². The molecule has 0 N–H and O–H groups in total. The van der Waals surface area contributed by atoms with Gasteiger partial charge in [0.25, 0.3) is 0 Å². The molecule has 4 aromatic rings. The predicted octanol–water partition coefficient (Wildman–Crippen LogP) is 6.17. The Labute approximate surface area is 206 Å². The van der Waals surface area contributed by atoms with Gasteiger partial charge >= 0.3 is 0 Å². The number of methoxy groups -OCH3 is 1. The number of hydrogen-bond acceptors (Lipinski definition) is 4.